The van der Waals surface area contributed by atoms with Gasteiger partial charge in [0, 0.05) is 29.6 Å². The Kier molecular flexibility index (Phi) is 6.46. The van der Waals surface area contributed by atoms with Gasteiger partial charge in [0.1, 0.15) is 5.75 Å². The van der Waals surface area contributed by atoms with Crippen LogP contribution >= 0.6 is 11.8 Å². The van der Waals surface area contributed by atoms with E-state index in [4.69, 9.17) is 4.74 Å². The van der Waals surface area contributed by atoms with Gasteiger partial charge in [-0.1, -0.05) is 12.1 Å². The van der Waals surface area contributed by atoms with Crippen LogP contribution in [0.3, 0.4) is 0 Å². The number of thioether (sulfide) groups is 1. The minimum Gasteiger partial charge on any atom is -0.494 e. The first-order valence-electron chi connectivity index (χ1n) is 10.4. The highest BCUT2D eigenvalue weighted by Gasteiger charge is 2.37. The Hall–Kier alpha value is -3.00. The Balaban J connectivity index is 1.30. The number of hydrogen-bond acceptors (Lipinski definition) is 5. The molecule has 4 rings (SSSR count). The molecule has 0 bridgehead atoms. The second kappa shape index (κ2) is 9.43. The first-order chi connectivity index (χ1) is 15.0. The van der Waals surface area contributed by atoms with Crippen LogP contribution in [0.1, 0.15) is 19.8 Å². The molecule has 2 N–H and O–H groups in total. The van der Waals surface area contributed by atoms with E-state index in [1.54, 1.807) is 4.90 Å². The number of carbonyl (C=O) groups excluding carboxylic acids is 3. The van der Waals surface area contributed by atoms with Gasteiger partial charge in [0.25, 0.3) is 0 Å². The van der Waals surface area contributed by atoms with Gasteiger partial charge in [-0.05, 0) is 56.2 Å². The number of para-hydroxylation sites is 1. The van der Waals surface area contributed by atoms with E-state index in [9.17, 15) is 14.4 Å². The van der Waals surface area contributed by atoms with E-state index < -0.39 is 5.25 Å². The highest BCUT2D eigenvalue weighted by Crippen LogP contribution is 2.36. The van der Waals surface area contributed by atoms with Gasteiger partial charge >= 0.3 is 0 Å². The molecule has 2 aliphatic rings. The van der Waals surface area contributed by atoms with Crippen LogP contribution in [-0.4, -0.2) is 47.6 Å². The lowest BCUT2D eigenvalue weighted by molar-refractivity contribution is -0.136. The predicted molar refractivity (Wildman–Crippen MR) is 120 cm³/mol. The molecule has 2 aromatic carbocycles. The lowest BCUT2D eigenvalue weighted by atomic mass is 9.95. The van der Waals surface area contributed by atoms with Gasteiger partial charge < -0.3 is 20.3 Å². The fourth-order valence-corrected chi connectivity index (χ4v) is 4.86. The van der Waals surface area contributed by atoms with Crippen molar-refractivity contribution < 1.29 is 19.1 Å². The molecule has 162 valence electrons. The lowest BCUT2D eigenvalue weighted by Crippen LogP contribution is -2.48. The molecule has 0 radical (unpaired) electrons. The largest absolute Gasteiger partial charge is 0.494 e. The molecule has 1 saturated heterocycles. The van der Waals surface area contributed by atoms with Crippen LogP contribution in [0.2, 0.25) is 0 Å². The predicted octanol–water partition coefficient (Wildman–Crippen LogP) is 3.38. The Morgan fingerprint density at radius 3 is 2.55 bits per heavy atom. The summed E-state index contributed by atoms with van der Waals surface area (Å²) in [6.45, 7) is 3.44. The number of likely N-dealkylation sites (tertiary alicyclic amines) is 1. The van der Waals surface area contributed by atoms with Gasteiger partial charge in [-0.2, -0.15) is 0 Å². The van der Waals surface area contributed by atoms with Crippen molar-refractivity contribution in [3.8, 4) is 5.75 Å². The van der Waals surface area contributed by atoms with Crippen molar-refractivity contribution in [2.75, 3.05) is 30.3 Å². The van der Waals surface area contributed by atoms with Crippen molar-refractivity contribution in [2.45, 2.75) is 29.9 Å². The van der Waals surface area contributed by atoms with Crippen LogP contribution in [0, 0.1) is 5.92 Å². The van der Waals surface area contributed by atoms with E-state index in [1.807, 2.05) is 55.5 Å². The molecule has 2 aromatic rings. The molecule has 2 aliphatic heterocycles. The first kappa shape index (κ1) is 21.2. The molecule has 1 unspecified atom stereocenters. The highest BCUT2D eigenvalue weighted by molar-refractivity contribution is 8.01. The van der Waals surface area contributed by atoms with E-state index >= 15 is 0 Å². The summed E-state index contributed by atoms with van der Waals surface area (Å²) in [5, 5.41) is 4.97. The molecule has 0 aliphatic carbocycles. The molecule has 31 heavy (non-hydrogen) atoms. The lowest BCUT2D eigenvalue weighted by Gasteiger charge is -2.34. The van der Waals surface area contributed by atoms with Crippen molar-refractivity contribution in [1.82, 2.24) is 4.90 Å². The normalized spacial score (nSPS) is 18.7. The number of benzene rings is 2. The number of hydrogen-bond donors (Lipinski definition) is 2. The quantitative estimate of drug-likeness (QED) is 0.698. The fourth-order valence-electron chi connectivity index (χ4n) is 3.79. The van der Waals surface area contributed by atoms with Crippen molar-refractivity contribution >= 4 is 40.9 Å². The number of piperidine rings is 1. The summed E-state index contributed by atoms with van der Waals surface area (Å²) in [5.41, 5.74) is 1.46. The highest BCUT2D eigenvalue weighted by atomic mass is 32.2. The number of fused-ring (bicyclic) bond motifs is 1. The molecule has 1 atom stereocenters. The minimum absolute atomic E-state index is 0.0463. The standard InChI is InChI=1S/C23H25N3O4S/c1-2-30-17-9-7-16(8-10-17)24-21(27)15-11-13-26(14-12-15)23(29)20-22(28)25-18-5-3-4-6-19(18)31-20/h3-10,15,20H,2,11-14H2,1H3,(H,24,27)(H,25,28). The summed E-state index contributed by atoms with van der Waals surface area (Å²) < 4.78 is 5.41. The average molecular weight is 440 g/mol. The van der Waals surface area contributed by atoms with Crippen LogP contribution in [0.4, 0.5) is 11.4 Å². The zero-order valence-corrected chi connectivity index (χ0v) is 18.1. The molecule has 2 heterocycles. The Morgan fingerprint density at radius 1 is 1.13 bits per heavy atom. The molecular weight excluding hydrogens is 414 g/mol. The third-order valence-corrected chi connectivity index (χ3v) is 6.72. The van der Waals surface area contributed by atoms with E-state index in [0.717, 1.165) is 22.0 Å². The molecule has 7 nitrogen and oxygen atoms in total. The van der Waals surface area contributed by atoms with Crippen LogP contribution in [0.15, 0.2) is 53.4 Å². The van der Waals surface area contributed by atoms with Crippen molar-refractivity contribution in [2.24, 2.45) is 5.92 Å². The summed E-state index contributed by atoms with van der Waals surface area (Å²) in [7, 11) is 0. The maximum atomic E-state index is 13.0. The molecule has 0 spiro atoms. The van der Waals surface area contributed by atoms with Crippen molar-refractivity contribution in [1.29, 1.82) is 0 Å². The SMILES string of the molecule is CCOc1ccc(NC(=O)C2CCN(C(=O)C3Sc4ccccc4NC3=O)CC2)cc1. The Bertz CT molecular complexity index is 971. The number of nitrogens with zero attached hydrogens (tertiary/aromatic N) is 1. The molecule has 0 saturated carbocycles. The van der Waals surface area contributed by atoms with Crippen LogP contribution < -0.4 is 15.4 Å². The molecule has 0 aromatic heterocycles. The van der Waals surface area contributed by atoms with Gasteiger partial charge in [0.05, 0.1) is 12.3 Å². The minimum atomic E-state index is -0.788. The molecular formula is C23H25N3O4S. The second-order valence-electron chi connectivity index (χ2n) is 7.53. The number of carbonyl (C=O) groups is 3. The van der Waals surface area contributed by atoms with E-state index in [1.165, 1.54) is 11.8 Å². The van der Waals surface area contributed by atoms with Crippen molar-refractivity contribution in [3.63, 3.8) is 0 Å². The number of rotatable bonds is 5. The fraction of sp³-hybridized carbons (Fsp3) is 0.348. The Morgan fingerprint density at radius 2 is 1.84 bits per heavy atom. The number of anilines is 2. The van der Waals surface area contributed by atoms with E-state index in [0.29, 0.717) is 32.5 Å². The number of nitrogens with one attached hydrogen (secondary N) is 2. The summed E-state index contributed by atoms with van der Waals surface area (Å²) in [4.78, 5) is 40.6. The summed E-state index contributed by atoms with van der Waals surface area (Å²) >= 11 is 1.29. The maximum absolute atomic E-state index is 13.0. The molecule has 8 heteroatoms. The zero-order valence-electron chi connectivity index (χ0n) is 17.3. The van der Waals surface area contributed by atoms with E-state index in [2.05, 4.69) is 10.6 Å². The van der Waals surface area contributed by atoms with Crippen LogP contribution in [0.5, 0.6) is 5.75 Å². The number of amides is 3. The van der Waals surface area contributed by atoms with Crippen molar-refractivity contribution in [3.05, 3.63) is 48.5 Å². The van der Waals surface area contributed by atoms with Gasteiger partial charge in [-0.25, -0.2) is 0 Å². The third-order valence-electron chi connectivity index (χ3n) is 5.46. The maximum Gasteiger partial charge on any atom is 0.247 e. The summed E-state index contributed by atoms with van der Waals surface area (Å²) in [6, 6.07) is 14.8. The van der Waals surface area contributed by atoms with Gasteiger partial charge in [0.2, 0.25) is 17.7 Å². The van der Waals surface area contributed by atoms with Crippen LogP contribution in [0.25, 0.3) is 0 Å². The monoisotopic (exact) mass is 439 g/mol. The smallest absolute Gasteiger partial charge is 0.247 e. The summed E-state index contributed by atoms with van der Waals surface area (Å²) in [5.74, 6) is 0.0742. The van der Waals surface area contributed by atoms with E-state index in [-0.39, 0.29) is 23.6 Å². The van der Waals surface area contributed by atoms with Gasteiger partial charge in [-0.15, -0.1) is 11.8 Å². The summed E-state index contributed by atoms with van der Waals surface area (Å²) in [6.07, 6.45) is 1.15. The second-order valence-corrected chi connectivity index (χ2v) is 8.68. The average Bonchev–Trinajstić information content (AvgIpc) is 2.79. The zero-order chi connectivity index (χ0) is 21.8. The Labute approximate surface area is 185 Å². The topological polar surface area (TPSA) is 87.7 Å². The molecule has 3 amide bonds. The van der Waals surface area contributed by atoms with Gasteiger partial charge in [-0.3, -0.25) is 14.4 Å². The van der Waals surface area contributed by atoms with Crippen LogP contribution in [-0.2, 0) is 14.4 Å². The first-order valence-corrected chi connectivity index (χ1v) is 11.3. The molecule has 1 fully saturated rings. The third kappa shape index (κ3) is 4.85. The van der Waals surface area contributed by atoms with Gasteiger partial charge in [0.15, 0.2) is 5.25 Å². The number of ether oxygens (including phenoxy) is 1.